The number of hydrogen-bond acceptors (Lipinski definition) is 4. The summed E-state index contributed by atoms with van der Waals surface area (Å²) < 4.78 is 33.9. The van der Waals surface area contributed by atoms with Gasteiger partial charge in [-0.1, -0.05) is 5.16 Å². The Labute approximate surface area is 124 Å². The molecule has 0 spiro atoms. The largest absolute Gasteiger partial charge is 0.339 e. The van der Waals surface area contributed by atoms with Gasteiger partial charge in [0.2, 0.25) is 11.7 Å². The summed E-state index contributed by atoms with van der Waals surface area (Å²) in [6.07, 6.45) is 7.21. The maximum Gasteiger partial charge on any atom is 0.230 e. The molecule has 5 nitrogen and oxygen atoms in total. The highest BCUT2D eigenvalue weighted by atomic mass is 19.1. The van der Waals surface area contributed by atoms with Gasteiger partial charge < -0.3 is 9.09 Å². The number of hydrogen-bond donors (Lipinski definition) is 0. The van der Waals surface area contributed by atoms with Gasteiger partial charge >= 0.3 is 0 Å². The van der Waals surface area contributed by atoms with Gasteiger partial charge in [0.25, 0.3) is 0 Å². The van der Waals surface area contributed by atoms with E-state index in [1.54, 1.807) is 12.5 Å². The molecule has 1 aliphatic rings. The average molecular weight is 302 g/mol. The monoisotopic (exact) mass is 302 g/mol. The molecule has 0 radical (unpaired) electrons. The van der Waals surface area contributed by atoms with Gasteiger partial charge in [-0.2, -0.15) is 4.98 Å². The molecule has 1 aromatic carbocycles. The summed E-state index contributed by atoms with van der Waals surface area (Å²) in [4.78, 5) is 8.27. The van der Waals surface area contributed by atoms with Gasteiger partial charge in [-0.25, -0.2) is 13.8 Å². The summed E-state index contributed by atoms with van der Waals surface area (Å²) in [7, 11) is 0. The molecule has 2 heterocycles. The van der Waals surface area contributed by atoms with E-state index in [0.717, 1.165) is 18.9 Å². The fourth-order valence-electron chi connectivity index (χ4n) is 2.70. The third-order valence-electron chi connectivity index (χ3n) is 4.02. The zero-order chi connectivity index (χ0) is 15.1. The molecule has 4 rings (SSSR count). The maximum atomic E-state index is 13.7. The van der Waals surface area contributed by atoms with Gasteiger partial charge in [0, 0.05) is 30.4 Å². The predicted octanol–water partition coefficient (Wildman–Crippen LogP) is 3.33. The topological polar surface area (TPSA) is 56.7 Å². The van der Waals surface area contributed by atoms with Crippen molar-refractivity contribution in [1.82, 2.24) is 19.7 Å². The van der Waals surface area contributed by atoms with Crippen molar-refractivity contribution in [3.63, 3.8) is 0 Å². The van der Waals surface area contributed by atoms with E-state index in [4.69, 9.17) is 4.52 Å². The molecule has 0 amide bonds. The Kier molecular flexibility index (Phi) is 2.99. The van der Waals surface area contributed by atoms with Crippen molar-refractivity contribution in [3.05, 3.63) is 54.4 Å². The normalized spacial score (nSPS) is 20.8. The lowest BCUT2D eigenvalue weighted by Crippen LogP contribution is -2.24. The summed E-state index contributed by atoms with van der Waals surface area (Å²) in [5.41, 5.74) is 0.141. The highest BCUT2D eigenvalue weighted by Gasteiger charge is 2.35. The third kappa shape index (κ3) is 2.18. The summed E-state index contributed by atoms with van der Waals surface area (Å²) >= 11 is 0. The van der Waals surface area contributed by atoms with Crippen LogP contribution in [0.3, 0.4) is 0 Å². The fourth-order valence-corrected chi connectivity index (χ4v) is 2.70. The number of halogens is 2. The molecule has 0 unspecified atom stereocenters. The van der Waals surface area contributed by atoms with Crippen LogP contribution in [0.2, 0.25) is 0 Å². The Morgan fingerprint density at radius 1 is 1.23 bits per heavy atom. The molecular weight excluding hydrogens is 290 g/mol. The van der Waals surface area contributed by atoms with Crippen molar-refractivity contribution in [2.24, 2.45) is 0 Å². The van der Waals surface area contributed by atoms with Crippen molar-refractivity contribution in [3.8, 4) is 11.4 Å². The Bertz CT molecular complexity index is 794. The summed E-state index contributed by atoms with van der Waals surface area (Å²) in [5.74, 6) is -0.518. The first kappa shape index (κ1) is 13.1. The first-order valence-corrected chi connectivity index (χ1v) is 6.97. The number of aromatic nitrogens is 4. The third-order valence-corrected chi connectivity index (χ3v) is 4.02. The van der Waals surface area contributed by atoms with Crippen molar-refractivity contribution < 1.29 is 13.3 Å². The molecule has 22 heavy (non-hydrogen) atoms. The van der Waals surface area contributed by atoms with Crippen LogP contribution in [0.25, 0.3) is 11.4 Å². The highest BCUT2D eigenvalue weighted by molar-refractivity contribution is 5.55. The Hall–Kier alpha value is -2.57. The van der Waals surface area contributed by atoms with E-state index in [1.807, 2.05) is 10.8 Å². The second-order valence-electron chi connectivity index (χ2n) is 5.41. The minimum Gasteiger partial charge on any atom is -0.339 e. The van der Waals surface area contributed by atoms with E-state index in [9.17, 15) is 8.78 Å². The van der Waals surface area contributed by atoms with Crippen molar-refractivity contribution in [1.29, 1.82) is 0 Å². The van der Waals surface area contributed by atoms with Gasteiger partial charge in [0.15, 0.2) is 0 Å². The molecule has 1 fully saturated rings. The SMILES string of the molecule is Fc1ccc(-c2noc(C3CC(n4ccnc4)C3)n2)c(F)c1. The zero-order valence-corrected chi connectivity index (χ0v) is 11.5. The summed E-state index contributed by atoms with van der Waals surface area (Å²) in [5, 5.41) is 3.80. The molecule has 112 valence electrons. The first-order valence-electron chi connectivity index (χ1n) is 6.97. The standard InChI is InChI=1S/C15H12F2N4O/c16-10-1-2-12(13(17)7-10)14-19-15(22-20-14)9-5-11(6-9)21-4-3-18-8-21/h1-4,7-9,11H,5-6H2. The molecule has 2 aromatic heterocycles. The summed E-state index contributed by atoms with van der Waals surface area (Å²) in [6.45, 7) is 0. The van der Waals surface area contributed by atoms with Crippen LogP contribution in [0.15, 0.2) is 41.4 Å². The Morgan fingerprint density at radius 2 is 2.09 bits per heavy atom. The van der Waals surface area contributed by atoms with Crippen molar-refractivity contribution in [2.45, 2.75) is 24.8 Å². The van der Waals surface area contributed by atoms with Crippen LogP contribution < -0.4 is 0 Å². The van der Waals surface area contributed by atoms with Crippen LogP contribution in [0.4, 0.5) is 8.78 Å². The quantitative estimate of drug-likeness (QED) is 0.744. The Balaban J connectivity index is 1.51. The number of nitrogens with zero attached hydrogens (tertiary/aromatic N) is 4. The molecule has 1 saturated carbocycles. The highest BCUT2D eigenvalue weighted by Crippen LogP contribution is 2.44. The molecule has 7 heteroatoms. The predicted molar refractivity (Wildman–Crippen MR) is 72.9 cm³/mol. The summed E-state index contributed by atoms with van der Waals surface area (Å²) in [6, 6.07) is 3.68. The maximum absolute atomic E-state index is 13.7. The minimum atomic E-state index is -0.697. The molecular formula is C15H12F2N4O. The molecule has 0 bridgehead atoms. The van der Waals surface area contributed by atoms with E-state index in [0.29, 0.717) is 11.9 Å². The van der Waals surface area contributed by atoms with Crippen LogP contribution in [-0.2, 0) is 0 Å². The molecule has 3 aromatic rings. The van der Waals surface area contributed by atoms with Gasteiger partial charge in [0.1, 0.15) is 11.6 Å². The van der Waals surface area contributed by atoms with Crippen LogP contribution in [0.5, 0.6) is 0 Å². The van der Waals surface area contributed by atoms with Crippen LogP contribution in [0, 0.1) is 11.6 Å². The lowest BCUT2D eigenvalue weighted by atomic mass is 9.80. The van der Waals surface area contributed by atoms with Crippen molar-refractivity contribution >= 4 is 0 Å². The molecule has 0 saturated heterocycles. The number of imidazole rings is 1. The second kappa shape index (κ2) is 5.01. The zero-order valence-electron chi connectivity index (χ0n) is 11.5. The first-order chi connectivity index (χ1) is 10.7. The van der Waals surface area contributed by atoms with E-state index in [1.165, 1.54) is 12.1 Å². The fraction of sp³-hybridized carbons (Fsp3) is 0.267. The molecule has 1 aliphatic carbocycles. The second-order valence-corrected chi connectivity index (χ2v) is 5.41. The van der Waals surface area contributed by atoms with E-state index >= 15 is 0 Å². The van der Waals surface area contributed by atoms with E-state index in [2.05, 4.69) is 15.1 Å². The molecule has 0 atom stereocenters. The number of benzene rings is 1. The van der Waals surface area contributed by atoms with Crippen molar-refractivity contribution in [2.75, 3.05) is 0 Å². The van der Waals surface area contributed by atoms with Crippen LogP contribution in [-0.4, -0.2) is 19.7 Å². The lowest BCUT2D eigenvalue weighted by Gasteiger charge is -2.33. The van der Waals surface area contributed by atoms with Crippen LogP contribution >= 0.6 is 0 Å². The van der Waals surface area contributed by atoms with E-state index < -0.39 is 11.6 Å². The average Bonchev–Trinajstić information content (AvgIpc) is 3.09. The molecule has 0 N–H and O–H groups in total. The van der Waals surface area contributed by atoms with Gasteiger partial charge in [-0.3, -0.25) is 0 Å². The Morgan fingerprint density at radius 3 is 2.82 bits per heavy atom. The van der Waals surface area contributed by atoms with Gasteiger partial charge in [-0.05, 0) is 25.0 Å². The van der Waals surface area contributed by atoms with Gasteiger partial charge in [-0.15, -0.1) is 0 Å². The lowest BCUT2D eigenvalue weighted by molar-refractivity contribution is 0.214. The molecule has 0 aliphatic heterocycles. The minimum absolute atomic E-state index is 0.141. The smallest absolute Gasteiger partial charge is 0.230 e. The van der Waals surface area contributed by atoms with Crippen LogP contribution in [0.1, 0.15) is 30.7 Å². The van der Waals surface area contributed by atoms with Gasteiger partial charge in [0.05, 0.1) is 11.9 Å². The number of rotatable bonds is 3. The van der Waals surface area contributed by atoms with E-state index in [-0.39, 0.29) is 17.3 Å².